The Kier molecular flexibility index (Phi) is 8.40. The summed E-state index contributed by atoms with van der Waals surface area (Å²) in [6.45, 7) is 1.03. The molecule has 0 spiro atoms. The van der Waals surface area contributed by atoms with Crippen LogP contribution in [-0.2, 0) is 4.74 Å². The van der Waals surface area contributed by atoms with Crippen LogP contribution in [-0.4, -0.2) is 43.4 Å². The minimum atomic E-state index is -0.731. The van der Waals surface area contributed by atoms with Crippen LogP contribution in [0.15, 0.2) is 24.3 Å². The maximum atomic E-state index is 12.1. The number of carbonyl (C=O) groups excluding carboxylic acids is 2. The molecule has 2 rings (SSSR count). The van der Waals surface area contributed by atoms with Gasteiger partial charge >= 0.3 is 12.1 Å². The number of amides is 3. The molecule has 1 aromatic rings. The predicted molar refractivity (Wildman–Crippen MR) is 104 cm³/mol. The highest BCUT2D eigenvalue weighted by Gasteiger charge is 2.23. The van der Waals surface area contributed by atoms with Crippen LogP contribution in [0.4, 0.5) is 15.3 Å². The van der Waals surface area contributed by atoms with Crippen molar-refractivity contribution in [3.63, 3.8) is 0 Å². The number of nitrogens with two attached hydrogens (primary N) is 1. The van der Waals surface area contributed by atoms with Crippen molar-refractivity contribution in [1.82, 2.24) is 5.32 Å². The summed E-state index contributed by atoms with van der Waals surface area (Å²) in [5.74, 6) is 2.06. The molecule has 1 saturated carbocycles. The number of primary amides is 1. The predicted octanol–water partition coefficient (Wildman–Crippen LogP) is 3.20. The highest BCUT2D eigenvalue weighted by atomic mass is 32.2. The first-order valence-corrected chi connectivity index (χ1v) is 10.2. The number of hydrogen-bond acceptors (Lipinski definition) is 5. The maximum Gasteiger partial charge on any atom is 0.404 e. The van der Waals surface area contributed by atoms with Gasteiger partial charge in [-0.3, -0.25) is 0 Å². The molecule has 0 unspecified atom stereocenters. The molecule has 0 bridgehead atoms. The second kappa shape index (κ2) is 10.8. The van der Waals surface area contributed by atoms with Gasteiger partial charge in [0.05, 0.1) is 13.2 Å². The summed E-state index contributed by atoms with van der Waals surface area (Å²) in [7, 11) is 0. The van der Waals surface area contributed by atoms with Crippen LogP contribution in [0.5, 0.6) is 5.75 Å². The van der Waals surface area contributed by atoms with Gasteiger partial charge in [-0.1, -0.05) is 0 Å². The minimum absolute atomic E-state index is 0.133. The van der Waals surface area contributed by atoms with Gasteiger partial charge in [0.25, 0.3) is 0 Å². The summed E-state index contributed by atoms with van der Waals surface area (Å²) < 4.78 is 10.4. The highest BCUT2D eigenvalue weighted by Crippen LogP contribution is 2.24. The van der Waals surface area contributed by atoms with Gasteiger partial charge in [-0.05, 0) is 62.1 Å². The Hall–Kier alpha value is -2.09. The second-order valence-corrected chi connectivity index (χ2v) is 7.30. The van der Waals surface area contributed by atoms with Crippen LogP contribution < -0.4 is 21.1 Å². The molecule has 3 amide bonds. The minimum Gasteiger partial charge on any atom is -0.493 e. The molecule has 0 aliphatic heterocycles. The fourth-order valence-electron chi connectivity index (χ4n) is 2.90. The summed E-state index contributed by atoms with van der Waals surface area (Å²) in [6, 6.07) is 7.27. The molecule has 0 heterocycles. The van der Waals surface area contributed by atoms with Gasteiger partial charge < -0.3 is 25.8 Å². The fraction of sp³-hybridized carbons (Fsp3) is 0.556. The first kappa shape index (κ1) is 20.2. The number of anilines is 1. The Bertz CT molecular complexity index is 574. The van der Waals surface area contributed by atoms with Crippen LogP contribution >= 0.6 is 11.8 Å². The lowest BCUT2D eigenvalue weighted by Gasteiger charge is -2.28. The zero-order valence-corrected chi connectivity index (χ0v) is 15.8. The van der Waals surface area contributed by atoms with E-state index in [9.17, 15) is 9.59 Å². The number of ether oxygens (including phenoxy) is 2. The summed E-state index contributed by atoms with van der Waals surface area (Å²) in [5, 5.41) is 5.83. The van der Waals surface area contributed by atoms with Gasteiger partial charge in [0.1, 0.15) is 5.75 Å². The van der Waals surface area contributed by atoms with Gasteiger partial charge in [0.2, 0.25) is 0 Å². The third-order valence-electron chi connectivity index (χ3n) is 4.31. The highest BCUT2D eigenvalue weighted by molar-refractivity contribution is 7.98. The Morgan fingerprint density at radius 3 is 2.50 bits per heavy atom. The zero-order valence-electron chi connectivity index (χ0n) is 15.0. The van der Waals surface area contributed by atoms with Crippen LogP contribution in [0.3, 0.4) is 0 Å². The summed E-state index contributed by atoms with van der Waals surface area (Å²) in [5.41, 5.74) is 5.71. The van der Waals surface area contributed by atoms with Crippen molar-refractivity contribution in [2.24, 2.45) is 11.7 Å². The maximum absolute atomic E-state index is 12.1. The van der Waals surface area contributed by atoms with Gasteiger partial charge in [-0.2, -0.15) is 11.8 Å². The summed E-state index contributed by atoms with van der Waals surface area (Å²) >= 11 is 1.74. The lowest BCUT2D eigenvalue weighted by molar-refractivity contribution is 0.120. The number of rotatable bonds is 8. The molecule has 144 valence electrons. The molecule has 1 fully saturated rings. The van der Waals surface area contributed by atoms with E-state index in [4.69, 9.17) is 15.2 Å². The molecule has 0 aromatic heterocycles. The topological polar surface area (TPSA) is 103 Å². The van der Waals surface area contributed by atoms with Crippen molar-refractivity contribution >= 4 is 29.6 Å². The molecular formula is C18H27N3O4S. The first-order chi connectivity index (χ1) is 12.6. The van der Waals surface area contributed by atoms with Gasteiger partial charge in [0, 0.05) is 17.5 Å². The molecular weight excluding hydrogens is 354 g/mol. The van der Waals surface area contributed by atoms with Crippen molar-refractivity contribution in [1.29, 1.82) is 0 Å². The lowest BCUT2D eigenvalue weighted by Crippen LogP contribution is -2.40. The van der Waals surface area contributed by atoms with Crippen molar-refractivity contribution in [3.05, 3.63) is 24.3 Å². The molecule has 1 aliphatic rings. The molecule has 8 heteroatoms. The second-order valence-electron chi connectivity index (χ2n) is 6.31. The molecule has 26 heavy (non-hydrogen) atoms. The van der Waals surface area contributed by atoms with Crippen LogP contribution in [0.2, 0.25) is 0 Å². The van der Waals surface area contributed by atoms with Crippen LogP contribution in [0.25, 0.3) is 0 Å². The van der Waals surface area contributed by atoms with Gasteiger partial charge in [0.15, 0.2) is 0 Å². The molecule has 1 aromatic carbocycles. The van der Waals surface area contributed by atoms with Gasteiger partial charge in [-0.25, -0.2) is 9.59 Å². The van der Waals surface area contributed by atoms with E-state index in [2.05, 4.69) is 10.6 Å². The van der Waals surface area contributed by atoms with Gasteiger partial charge in [-0.15, -0.1) is 0 Å². The number of carbonyl (C=O) groups is 2. The van der Waals surface area contributed by atoms with Crippen LogP contribution in [0, 0.1) is 5.92 Å². The van der Waals surface area contributed by atoms with E-state index >= 15 is 0 Å². The molecule has 1 aliphatic carbocycles. The number of hydrogen-bond donors (Lipinski definition) is 3. The largest absolute Gasteiger partial charge is 0.493 e. The van der Waals surface area contributed by atoms with E-state index < -0.39 is 6.09 Å². The first-order valence-electron chi connectivity index (χ1n) is 8.78. The number of benzene rings is 1. The standard InChI is InChI=1S/C18H27N3O4S/c1-26-11-10-24-16-8-6-15(7-9-16)21-18(23)20-14-4-2-13(3-5-14)12-25-17(19)22/h6-9,13-14H,2-5,10-12H2,1H3,(H2,19,22)(H2,20,21,23). The van der Waals surface area contributed by atoms with Crippen molar-refractivity contribution in [3.8, 4) is 5.75 Å². The van der Waals surface area contributed by atoms with E-state index in [1.165, 1.54) is 0 Å². The number of nitrogens with one attached hydrogen (secondary N) is 2. The molecule has 0 saturated heterocycles. The normalized spacial score (nSPS) is 19.4. The van der Waals surface area contributed by atoms with E-state index in [1.807, 2.05) is 30.5 Å². The molecule has 7 nitrogen and oxygen atoms in total. The van der Waals surface area contributed by atoms with E-state index in [0.717, 1.165) is 42.9 Å². The monoisotopic (exact) mass is 381 g/mol. The van der Waals surface area contributed by atoms with E-state index in [0.29, 0.717) is 19.1 Å². The Labute approximate surface area is 158 Å². The average molecular weight is 381 g/mol. The number of thioether (sulfide) groups is 1. The smallest absolute Gasteiger partial charge is 0.404 e. The Balaban J connectivity index is 1.68. The molecule has 0 atom stereocenters. The Morgan fingerprint density at radius 2 is 1.88 bits per heavy atom. The molecule has 0 radical (unpaired) electrons. The van der Waals surface area contributed by atoms with E-state index in [-0.39, 0.29) is 12.1 Å². The van der Waals surface area contributed by atoms with Crippen molar-refractivity contribution in [2.45, 2.75) is 31.7 Å². The van der Waals surface area contributed by atoms with E-state index in [1.54, 1.807) is 11.8 Å². The Morgan fingerprint density at radius 1 is 1.19 bits per heavy atom. The quantitative estimate of drug-likeness (QED) is 0.600. The van der Waals surface area contributed by atoms with Crippen LogP contribution in [0.1, 0.15) is 25.7 Å². The lowest BCUT2D eigenvalue weighted by atomic mass is 9.86. The SMILES string of the molecule is CSCCOc1ccc(NC(=O)NC2CCC(COC(N)=O)CC2)cc1. The average Bonchev–Trinajstić information content (AvgIpc) is 2.63. The third kappa shape index (κ3) is 7.43. The third-order valence-corrected chi connectivity index (χ3v) is 4.89. The summed E-state index contributed by atoms with van der Waals surface area (Å²) in [4.78, 5) is 22.8. The van der Waals surface area contributed by atoms with Crippen molar-refractivity contribution in [2.75, 3.05) is 30.5 Å². The number of urea groups is 1. The summed E-state index contributed by atoms with van der Waals surface area (Å²) in [6.07, 6.45) is 4.84. The zero-order chi connectivity index (χ0) is 18.8. The van der Waals surface area contributed by atoms with Crippen molar-refractivity contribution < 1.29 is 19.1 Å². The fourth-order valence-corrected chi connectivity index (χ4v) is 3.15. The molecule has 4 N–H and O–H groups in total.